The Morgan fingerprint density at radius 3 is 1.48 bits per heavy atom. The molecule has 1 atom stereocenters. The number of hydrogen-bond acceptors (Lipinski definition) is 1. The van der Waals surface area contributed by atoms with Crippen LogP contribution in [0.4, 0.5) is 0 Å². The Morgan fingerprint density at radius 1 is 0.815 bits per heavy atom. The summed E-state index contributed by atoms with van der Waals surface area (Å²) in [4.78, 5) is 20.5. The predicted molar refractivity (Wildman–Crippen MR) is 113 cm³/mol. The molecule has 2 aromatic rings. The van der Waals surface area contributed by atoms with Crippen molar-refractivity contribution in [1.29, 1.82) is 0 Å². The van der Waals surface area contributed by atoms with Gasteiger partial charge < -0.3 is 9.79 Å². The molecular formula is C23H32O3P. The molecule has 2 aromatic carbocycles. The Kier molecular flexibility index (Phi) is 6.73. The minimum absolute atomic E-state index is 0.527. The Bertz CT molecular complexity index is 716. The van der Waals surface area contributed by atoms with E-state index < -0.39 is 24.1 Å². The van der Waals surface area contributed by atoms with Gasteiger partial charge in [-0.2, -0.15) is 0 Å². The van der Waals surface area contributed by atoms with Gasteiger partial charge in [0.1, 0.15) is 0 Å². The smallest absolute Gasteiger partial charge is 0.324 e. The molecule has 0 aliphatic carbocycles. The van der Waals surface area contributed by atoms with Crippen LogP contribution in [0.15, 0.2) is 60.7 Å². The van der Waals surface area contributed by atoms with Gasteiger partial charge in [-0.25, -0.2) is 0 Å². The molecule has 147 valence electrons. The summed E-state index contributed by atoms with van der Waals surface area (Å²) in [7, 11) is -4.30. The molecule has 0 spiro atoms. The lowest BCUT2D eigenvalue weighted by atomic mass is 9.65. The first-order valence-electron chi connectivity index (χ1n) is 9.40. The molecule has 2 rings (SSSR count). The molecule has 0 aromatic heterocycles. The molecule has 0 amide bonds. The summed E-state index contributed by atoms with van der Waals surface area (Å²) in [5, 5.41) is 0. The number of benzene rings is 2. The third-order valence-corrected chi connectivity index (χ3v) is 7.36. The molecule has 0 heterocycles. The van der Waals surface area contributed by atoms with Gasteiger partial charge in [-0.05, 0) is 40.7 Å². The fourth-order valence-corrected chi connectivity index (χ4v) is 6.44. The third-order valence-electron chi connectivity index (χ3n) is 5.27. The van der Waals surface area contributed by atoms with Crippen LogP contribution in [0.5, 0.6) is 0 Å². The quantitative estimate of drug-likeness (QED) is 0.602. The van der Waals surface area contributed by atoms with E-state index in [9.17, 15) is 14.4 Å². The fourth-order valence-electron chi connectivity index (χ4n) is 4.40. The summed E-state index contributed by atoms with van der Waals surface area (Å²) < 4.78 is 12.5. The average Bonchev–Trinajstić information content (AvgIpc) is 2.53. The molecule has 0 saturated carbocycles. The van der Waals surface area contributed by atoms with Gasteiger partial charge in [-0.3, -0.25) is 4.57 Å². The molecule has 0 aliphatic rings. The molecule has 27 heavy (non-hydrogen) atoms. The summed E-state index contributed by atoms with van der Waals surface area (Å²) in [5.74, 6) is 1.14. The SMILES string of the molecule is CC(C)(C)C(C(C)(C)[C](Cc1ccccc1)Cc1ccccc1)P(=O)(O)O. The zero-order valence-electron chi connectivity index (χ0n) is 17.0. The average molecular weight is 387 g/mol. The minimum Gasteiger partial charge on any atom is -0.324 e. The van der Waals surface area contributed by atoms with E-state index in [1.54, 1.807) is 0 Å². The van der Waals surface area contributed by atoms with E-state index in [2.05, 4.69) is 24.3 Å². The van der Waals surface area contributed by atoms with Crippen molar-refractivity contribution in [2.75, 3.05) is 0 Å². The van der Waals surface area contributed by atoms with E-state index in [0.717, 1.165) is 17.0 Å². The summed E-state index contributed by atoms with van der Waals surface area (Å²) in [6.45, 7) is 9.73. The van der Waals surface area contributed by atoms with Gasteiger partial charge in [-0.15, -0.1) is 0 Å². The largest absolute Gasteiger partial charge is 0.329 e. The van der Waals surface area contributed by atoms with Crippen LogP contribution >= 0.6 is 7.60 Å². The van der Waals surface area contributed by atoms with Crippen LogP contribution in [0.1, 0.15) is 45.7 Å². The molecule has 0 fully saturated rings. The standard InChI is InChI=1S/C23H32O3P/c1-22(2,3)21(27(24,25)26)23(4,5)20(16-18-12-8-6-9-13-18)17-19-14-10-7-11-15-19/h6-15,21H,16-17H2,1-5H3,(H2,24,25,26). The molecule has 1 radical (unpaired) electrons. The zero-order valence-corrected chi connectivity index (χ0v) is 17.9. The van der Waals surface area contributed by atoms with Crippen molar-refractivity contribution in [3.63, 3.8) is 0 Å². The van der Waals surface area contributed by atoms with Crippen molar-refractivity contribution in [1.82, 2.24) is 0 Å². The zero-order chi connectivity index (χ0) is 20.3. The van der Waals surface area contributed by atoms with Crippen LogP contribution in [0.2, 0.25) is 0 Å². The monoisotopic (exact) mass is 387 g/mol. The Hall–Kier alpha value is -1.41. The van der Waals surface area contributed by atoms with Crippen LogP contribution in [-0.4, -0.2) is 15.4 Å². The fraction of sp³-hybridized carbons (Fsp3) is 0.435. The number of rotatable bonds is 7. The summed E-state index contributed by atoms with van der Waals surface area (Å²) >= 11 is 0. The maximum absolute atomic E-state index is 12.5. The lowest BCUT2D eigenvalue weighted by molar-refractivity contribution is 0.187. The second-order valence-corrected chi connectivity index (χ2v) is 10.7. The highest BCUT2D eigenvalue weighted by atomic mass is 31.2. The molecule has 3 nitrogen and oxygen atoms in total. The first kappa shape index (κ1) is 21.9. The van der Waals surface area contributed by atoms with Crippen LogP contribution in [0, 0.1) is 16.7 Å². The van der Waals surface area contributed by atoms with E-state index in [0.29, 0.717) is 12.8 Å². The lowest BCUT2D eigenvalue weighted by Crippen LogP contribution is -2.45. The molecular weight excluding hydrogens is 355 g/mol. The van der Waals surface area contributed by atoms with Gasteiger partial charge in [-0.1, -0.05) is 95.3 Å². The molecule has 0 aliphatic heterocycles. The van der Waals surface area contributed by atoms with Crippen molar-refractivity contribution in [3.05, 3.63) is 77.7 Å². The van der Waals surface area contributed by atoms with Crippen molar-refractivity contribution in [3.8, 4) is 0 Å². The summed E-state index contributed by atoms with van der Waals surface area (Å²) in [5.41, 5.74) is 0.397. The maximum atomic E-state index is 12.5. The van der Waals surface area contributed by atoms with Crippen molar-refractivity contribution in [2.45, 2.75) is 53.1 Å². The van der Waals surface area contributed by atoms with Crippen molar-refractivity contribution >= 4 is 7.60 Å². The summed E-state index contributed by atoms with van der Waals surface area (Å²) in [6, 6.07) is 20.3. The van der Waals surface area contributed by atoms with Gasteiger partial charge in [0.05, 0.1) is 5.66 Å². The van der Waals surface area contributed by atoms with E-state index in [4.69, 9.17) is 0 Å². The van der Waals surface area contributed by atoms with Crippen LogP contribution in [0.3, 0.4) is 0 Å². The van der Waals surface area contributed by atoms with Gasteiger partial charge >= 0.3 is 7.60 Å². The van der Waals surface area contributed by atoms with Crippen LogP contribution in [-0.2, 0) is 17.4 Å². The van der Waals surface area contributed by atoms with E-state index >= 15 is 0 Å². The first-order chi connectivity index (χ1) is 12.4. The highest BCUT2D eigenvalue weighted by Gasteiger charge is 2.52. The second kappa shape index (κ2) is 8.31. The molecule has 4 heteroatoms. The maximum Gasteiger partial charge on any atom is 0.329 e. The van der Waals surface area contributed by atoms with Gasteiger partial charge in [0, 0.05) is 0 Å². The van der Waals surface area contributed by atoms with Gasteiger partial charge in [0.2, 0.25) is 0 Å². The van der Waals surface area contributed by atoms with Gasteiger partial charge in [0.25, 0.3) is 0 Å². The van der Waals surface area contributed by atoms with E-state index in [-0.39, 0.29) is 0 Å². The highest BCUT2D eigenvalue weighted by molar-refractivity contribution is 7.52. The first-order valence-corrected chi connectivity index (χ1v) is 11.1. The minimum atomic E-state index is -4.30. The van der Waals surface area contributed by atoms with Crippen molar-refractivity contribution in [2.24, 2.45) is 10.8 Å². The highest BCUT2D eigenvalue weighted by Crippen LogP contribution is 2.60. The van der Waals surface area contributed by atoms with Crippen molar-refractivity contribution < 1.29 is 14.4 Å². The van der Waals surface area contributed by atoms with Crippen LogP contribution < -0.4 is 0 Å². The third kappa shape index (κ3) is 5.78. The van der Waals surface area contributed by atoms with Crippen LogP contribution in [0.25, 0.3) is 0 Å². The molecule has 2 N–H and O–H groups in total. The van der Waals surface area contributed by atoms with Gasteiger partial charge in [0.15, 0.2) is 0 Å². The second-order valence-electron chi connectivity index (χ2n) is 9.01. The normalized spacial score (nSPS) is 14.4. The topological polar surface area (TPSA) is 57.5 Å². The number of hydrogen-bond donors (Lipinski definition) is 2. The Morgan fingerprint density at radius 2 is 1.19 bits per heavy atom. The summed E-state index contributed by atoms with van der Waals surface area (Å²) in [6.07, 6.45) is 1.41. The Balaban J connectivity index is 2.47. The molecule has 0 bridgehead atoms. The van der Waals surface area contributed by atoms with E-state index in [1.807, 2.05) is 71.0 Å². The lowest BCUT2D eigenvalue weighted by Gasteiger charge is -2.47. The molecule has 0 saturated heterocycles. The van der Waals surface area contributed by atoms with E-state index in [1.165, 1.54) is 0 Å². The predicted octanol–water partition coefficient (Wildman–Crippen LogP) is 5.66. The molecule has 1 unspecified atom stereocenters. The Labute approximate surface area is 164 Å².